The lowest BCUT2D eigenvalue weighted by atomic mass is 10.1. The summed E-state index contributed by atoms with van der Waals surface area (Å²) in [6.45, 7) is 3.38. The van der Waals surface area contributed by atoms with Crippen molar-refractivity contribution < 1.29 is 19.1 Å². The van der Waals surface area contributed by atoms with Crippen molar-refractivity contribution in [2.24, 2.45) is 0 Å². The van der Waals surface area contributed by atoms with E-state index in [9.17, 15) is 9.59 Å². The van der Waals surface area contributed by atoms with E-state index in [4.69, 9.17) is 9.52 Å². The summed E-state index contributed by atoms with van der Waals surface area (Å²) < 4.78 is 5.26. The van der Waals surface area contributed by atoms with Crippen molar-refractivity contribution in [2.75, 3.05) is 0 Å². The zero-order chi connectivity index (χ0) is 14.7. The van der Waals surface area contributed by atoms with Gasteiger partial charge in [-0.3, -0.25) is 4.79 Å². The molecule has 0 aliphatic carbocycles. The number of nitrogens with one attached hydrogen (secondary N) is 2. The van der Waals surface area contributed by atoms with Gasteiger partial charge in [0, 0.05) is 18.3 Å². The number of aliphatic carboxylic acids is 1. The van der Waals surface area contributed by atoms with Crippen LogP contribution < -0.4 is 5.32 Å². The number of aromatic amines is 1. The number of nitrogens with zero attached hydrogens (tertiary/aromatic N) is 1. The lowest BCUT2D eigenvalue weighted by Gasteiger charge is -2.13. The Kier molecular flexibility index (Phi) is 3.88. The minimum absolute atomic E-state index is 0.136. The quantitative estimate of drug-likeness (QED) is 0.756. The molecule has 0 radical (unpaired) electrons. The van der Waals surface area contributed by atoms with Crippen LogP contribution in [0.25, 0.3) is 0 Å². The predicted molar refractivity (Wildman–Crippen MR) is 69.4 cm³/mol. The molecule has 0 aliphatic heterocycles. The SMILES string of the molecule is Cc1cc(C(=O)N[C@H](Cc2cnc[nH]2)C(=O)O)c(C)o1. The molecule has 0 unspecified atom stereocenters. The van der Waals surface area contributed by atoms with Gasteiger partial charge >= 0.3 is 5.97 Å². The second-order valence-electron chi connectivity index (χ2n) is 4.47. The number of aromatic nitrogens is 2. The second kappa shape index (κ2) is 5.60. The number of amides is 1. The highest BCUT2D eigenvalue weighted by molar-refractivity contribution is 5.97. The molecule has 0 aliphatic rings. The highest BCUT2D eigenvalue weighted by Gasteiger charge is 2.23. The Morgan fingerprint density at radius 2 is 2.25 bits per heavy atom. The molecule has 7 nitrogen and oxygen atoms in total. The first kappa shape index (κ1) is 13.9. The molecule has 0 spiro atoms. The first-order chi connectivity index (χ1) is 9.47. The van der Waals surface area contributed by atoms with E-state index < -0.39 is 17.9 Å². The molecule has 0 bridgehead atoms. The van der Waals surface area contributed by atoms with E-state index in [1.807, 2.05) is 0 Å². The van der Waals surface area contributed by atoms with Crippen LogP contribution in [0.3, 0.4) is 0 Å². The fraction of sp³-hybridized carbons (Fsp3) is 0.308. The summed E-state index contributed by atoms with van der Waals surface area (Å²) in [5.41, 5.74) is 0.983. The molecule has 106 valence electrons. The predicted octanol–water partition coefficient (Wildman–Crippen LogP) is 1.05. The van der Waals surface area contributed by atoms with E-state index in [0.29, 0.717) is 22.8 Å². The Labute approximate surface area is 115 Å². The number of carboxylic acids is 1. The third-order valence-electron chi connectivity index (χ3n) is 2.87. The van der Waals surface area contributed by atoms with Crippen molar-refractivity contribution in [2.45, 2.75) is 26.3 Å². The molecule has 2 aromatic rings. The largest absolute Gasteiger partial charge is 0.480 e. The summed E-state index contributed by atoms with van der Waals surface area (Å²) in [6, 6.07) is 0.553. The highest BCUT2D eigenvalue weighted by Crippen LogP contribution is 2.13. The minimum atomic E-state index is -1.11. The van der Waals surface area contributed by atoms with Gasteiger partial charge in [0.05, 0.1) is 11.9 Å². The van der Waals surface area contributed by atoms with Crippen molar-refractivity contribution in [3.05, 3.63) is 41.4 Å². The number of hydrogen-bond donors (Lipinski definition) is 3. The van der Waals surface area contributed by atoms with Gasteiger partial charge in [-0.25, -0.2) is 9.78 Å². The van der Waals surface area contributed by atoms with Gasteiger partial charge in [0.2, 0.25) is 0 Å². The summed E-state index contributed by atoms with van der Waals surface area (Å²) in [6.07, 6.45) is 3.12. The first-order valence-corrected chi connectivity index (χ1v) is 6.05. The molecule has 0 saturated carbocycles. The fourth-order valence-electron chi connectivity index (χ4n) is 1.91. The maximum Gasteiger partial charge on any atom is 0.326 e. The zero-order valence-corrected chi connectivity index (χ0v) is 11.1. The van der Waals surface area contributed by atoms with Crippen LogP contribution in [0.5, 0.6) is 0 Å². The number of carbonyl (C=O) groups is 2. The van der Waals surface area contributed by atoms with Gasteiger partial charge in [0.15, 0.2) is 0 Å². The highest BCUT2D eigenvalue weighted by atomic mass is 16.4. The summed E-state index contributed by atoms with van der Waals surface area (Å²) >= 11 is 0. The van der Waals surface area contributed by atoms with E-state index in [0.717, 1.165) is 0 Å². The standard InChI is InChI=1S/C13H15N3O4/c1-7-3-10(8(2)20-7)12(17)16-11(13(18)19)4-9-5-14-6-15-9/h3,5-6,11H,4H2,1-2H3,(H,14,15)(H,16,17)(H,18,19)/t11-/m1/s1. The maximum atomic E-state index is 12.1. The van der Waals surface area contributed by atoms with Crippen molar-refractivity contribution in [3.63, 3.8) is 0 Å². The lowest BCUT2D eigenvalue weighted by molar-refractivity contribution is -0.139. The molecule has 0 saturated heterocycles. The number of H-pyrrole nitrogens is 1. The molecule has 2 heterocycles. The Hall–Kier alpha value is -2.57. The Bertz CT molecular complexity index is 616. The first-order valence-electron chi connectivity index (χ1n) is 6.05. The lowest BCUT2D eigenvalue weighted by Crippen LogP contribution is -2.42. The Morgan fingerprint density at radius 1 is 1.50 bits per heavy atom. The number of hydrogen-bond acceptors (Lipinski definition) is 4. The number of imidazole rings is 1. The maximum absolute atomic E-state index is 12.1. The van der Waals surface area contributed by atoms with Crippen LogP contribution >= 0.6 is 0 Å². The van der Waals surface area contributed by atoms with Gasteiger partial charge in [-0.05, 0) is 19.9 Å². The average molecular weight is 277 g/mol. The van der Waals surface area contributed by atoms with Crippen LogP contribution in [0.2, 0.25) is 0 Å². The fourth-order valence-corrected chi connectivity index (χ4v) is 1.91. The van der Waals surface area contributed by atoms with Crippen molar-refractivity contribution in [1.29, 1.82) is 0 Å². The normalized spacial score (nSPS) is 12.1. The summed E-state index contributed by atoms with van der Waals surface area (Å²) in [5, 5.41) is 11.6. The third-order valence-corrected chi connectivity index (χ3v) is 2.87. The molecular weight excluding hydrogens is 262 g/mol. The van der Waals surface area contributed by atoms with E-state index in [2.05, 4.69) is 15.3 Å². The van der Waals surface area contributed by atoms with Crippen molar-refractivity contribution in [1.82, 2.24) is 15.3 Å². The van der Waals surface area contributed by atoms with Crippen LogP contribution in [0.4, 0.5) is 0 Å². The molecule has 2 aromatic heterocycles. The van der Waals surface area contributed by atoms with Crippen LogP contribution in [0.15, 0.2) is 23.0 Å². The Morgan fingerprint density at radius 3 is 2.75 bits per heavy atom. The monoisotopic (exact) mass is 277 g/mol. The van der Waals surface area contributed by atoms with Gasteiger partial charge in [-0.15, -0.1) is 0 Å². The smallest absolute Gasteiger partial charge is 0.326 e. The number of carbonyl (C=O) groups excluding carboxylic acids is 1. The van der Waals surface area contributed by atoms with Crippen LogP contribution in [-0.4, -0.2) is 33.0 Å². The molecule has 1 amide bonds. The number of furan rings is 1. The molecule has 0 fully saturated rings. The van der Waals surface area contributed by atoms with E-state index in [-0.39, 0.29) is 6.42 Å². The molecular formula is C13H15N3O4. The van der Waals surface area contributed by atoms with Gasteiger partial charge in [-0.1, -0.05) is 0 Å². The molecule has 20 heavy (non-hydrogen) atoms. The summed E-state index contributed by atoms with van der Waals surface area (Å²) in [7, 11) is 0. The molecule has 0 aromatic carbocycles. The average Bonchev–Trinajstić information content (AvgIpc) is 2.97. The third kappa shape index (κ3) is 3.05. The summed E-state index contributed by atoms with van der Waals surface area (Å²) in [5.74, 6) is -0.504. The van der Waals surface area contributed by atoms with Crippen LogP contribution in [-0.2, 0) is 11.2 Å². The van der Waals surface area contributed by atoms with E-state index >= 15 is 0 Å². The minimum Gasteiger partial charge on any atom is -0.480 e. The van der Waals surface area contributed by atoms with Gasteiger partial charge < -0.3 is 19.8 Å². The number of rotatable bonds is 5. The number of carboxylic acid groups (broad SMARTS) is 1. The van der Waals surface area contributed by atoms with E-state index in [1.165, 1.54) is 12.5 Å². The summed E-state index contributed by atoms with van der Waals surface area (Å²) in [4.78, 5) is 29.9. The Balaban J connectivity index is 2.10. The van der Waals surface area contributed by atoms with Crippen molar-refractivity contribution >= 4 is 11.9 Å². The van der Waals surface area contributed by atoms with Crippen LogP contribution in [0, 0.1) is 13.8 Å². The zero-order valence-electron chi connectivity index (χ0n) is 11.1. The van der Waals surface area contributed by atoms with E-state index in [1.54, 1.807) is 19.9 Å². The van der Waals surface area contributed by atoms with Crippen LogP contribution in [0.1, 0.15) is 27.6 Å². The topological polar surface area (TPSA) is 108 Å². The van der Waals surface area contributed by atoms with Crippen molar-refractivity contribution in [3.8, 4) is 0 Å². The second-order valence-corrected chi connectivity index (χ2v) is 4.47. The van der Waals surface area contributed by atoms with Gasteiger partial charge in [0.25, 0.3) is 5.91 Å². The number of aryl methyl sites for hydroxylation is 2. The molecule has 7 heteroatoms. The molecule has 1 atom stereocenters. The molecule has 2 rings (SSSR count). The molecule has 3 N–H and O–H groups in total. The van der Waals surface area contributed by atoms with Gasteiger partial charge in [-0.2, -0.15) is 0 Å². The van der Waals surface area contributed by atoms with Gasteiger partial charge in [0.1, 0.15) is 17.6 Å².